The molecule has 1 atom stereocenters. The molecule has 0 bridgehead atoms. The van der Waals surface area contributed by atoms with Crippen LogP contribution in [0.1, 0.15) is 17.8 Å². The molecule has 0 aliphatic carbocycles. The van der Waals surface area contributed by atoms with Crippen LogP contribution in [0.4, 0.5) is 5.69 Å². The predicted molar refractivity (Wildman–Crippen MR) is 81.9 cm³/mol. The molecule has 1 aromatic carbocycles. The van der Waals surface area contributed by atoms with Gasteiger partial charge in [-0.1, -0.05) is 12.1 Å². The van der Waals surface area contributed by atoms with Crippen molar-refractivity contribution in [3.63, 3.8) is 0 Å². The highest BCUT2D eigenvalue weighted by Gasteiger charge is 2.21. The first kappa shape index (κ1) is 13.3. The second-order valence-corrected chi connectivity index (χ2v) is 6.03. The lowest BCUT2D eigenvalue weighted by molar-refractivity contribution is -0.117. The number of carbonyl (C=O) groups excluding carboxylic acids is 1. The van der Waals surface area contributed by atoms with Gasteiger partial charge in [0.2, 0.25) is 5.91 Å². The van der Waals surface area contributed by atoms with E-state index < -0.39 is 0 Å². The number of thiazole rings is 1. The van der Waals surface area contributed by atoms with Crippen molar-refractivity contribution in [3.05, 3.63) is 34.7 Å². The first-order valence-electron chi connectivity index (χ1n) is 6.79. The van der Waals surface area contributed by atoms with Crippen molar-refractivity contribution in [2.24, 2.45) is 0 Å². The molecule has 1 saturated heterocycles. The Morgan fingerprint density at radius 3 is 2.80 bits per heavy atom. The molecule has 5 heteroatoms. The van der Waals surface area contributed by atoms with E-state index in [9.17, 15) is 4.79 Å². The highest BCUT2D eigenvalue weighted by atomic mass is 32.1. The van der Waals surface area contributed by atoms with Crippen molar-refractivity contribution < 1.29 is 4.79 Å². The van der Waals surface area contributed by atoms with E-state index in [1.807, 2.05) is 36.6 Å². The number of hydrogen-bond donors (Lipinski definition) is 2. The summed E-state index contributed by atoms with van der Waals surface area (Å²) in [6, 6.07) is 7.79. The van der Waals surface area contributed by atoms with Crippen LogP contribution in [0, 0.1) is 6.92 Å². The fraction of sp³-hybridized carbons (Fsp3) is 0.333. The fourth-order valence-electron chi connectivity index (χ4n) is 2.36. The summed E-state index contributed by atoms with van der Waals surface area (Å²) >= 11 is 1.64. The van der Waals surface area contributed by atoms with Gasteiger partial charge in [-0.2, -0.15) is 0 Å². The highest BCUT2D eigenvalue weighted by Crippen LogP contribution is 2.23. The number of carbonyl (C=O) groups is 1. The summed E-state index contributed by atoms with van der Waals surface area (Å²) in [5, 5.41) is 9.25. The standard InChI is InChI=1S/C15H17N3OS/c1-10-17-14(9-20-10)11-4-6-12(7-5-11)18-15(19)13-3-2-8-16-13/h4-7,9,13,16H,2-3,8H2,1H3,(H,18,19)/t13-/m1/s1. The maximum Gasteiger partial charge on any atom is 0.241 e. The molecule has 0 unspecified atom stereocenters. The SMILES string of the molecule is Cc1nc(-c2ccc(NC(=O)[C@H]3CCCN3)cc2)cs1. The van der Waals surface area contributed by atoms with E-state index in [-0.39, 0.29) is 11.9 Å². The van der Waals surface area contributed by atoms with Crippen LogP contribution < -0.4 is 10.6 Å². The Morgan fingerprint density at radius 2 is 2.20 bits per heavy atom. The molecular formula is C15H17N3OS. The van der Waals surface area contributed by atoms with Crippen LogP contribution in [-0.4, -0.2) is 23.5 Å². The van der Waals surface area contributed by atoms with E-state index in [2.05, 4.69) is 15.6 Å². The summed E-state index contributed by atoms with van der Waals surface area (Å²) in [5.41, 5.74) is 2.90. The summed E-state index contributed by atoms with van der Waals surface area (Å²) in [6.45, 7) is 2.93. The fourth-order valence-corrected chi connectivity index (χ4v) is 2.98. The lowest BCUT2D eigenvalue weighted by atomic mass is 10.1. The number of benzene rings is 1. The molecule has 1 aliphatic heterocycles. The van der Waals surface area contributed by atoms with Crippen LogP contribution >= 0.6 is 11.3 Å². The van der Waals surface area contributed by atoms with E-state index in [4.69, 9.17) is 0 Å². The average molecular weight is 287 g/mol. The first-order valence-corrected chi connectivity index (χ1v) is 7.67. The van der Waals surface area contributed by atoms with E-state index in [0.717, 1.165) is 41.3 Å². The van der Waals surface area contributed by atoms with E-state index >= 15 is 0 Å². The van der Waals surface area contributed by atoms with Crippen molar-refractivity contribution in [2.75, 3.05) is 11.9 Å². The summed E-state index contributed by atoms with van der Waals surface area (Å²) in [4.78, 5) is 16.4. The minimum Gasteiger partial charge on any atom is -0.325 e. The molecule has 2 N–H and O–H groups in total. The number of aryl methyl sites for hydroxylation is 1. The zero-order valence-electron chi connectivity index (χ0n) is 11.3. The van der Waals surface area contributed by atoms with Gasteiger partial charge in [-0.25, -0.2) is 4.98 Å². The molecule has 4 nitrogen and oxygen atoms in total. The highest BCUT2D eigenvalue weighted by molar-refractivity contribution is 7.09. The minimum absolute atomic E-state index is 0.0455. The van der Waals surface area contributed by atoms with Crippen molar-refractivity contribution in [2.45, 2.75) is 25.8 Å². The quantitative estimate of drug-likeness (QED) is 0.912. The Kier molecular flexibility index (Phi) is 3.80. The summed E-state index contributed by atoms with van der Waals surface area (Å²) in [6.07, 6.45) is 1.99. The molecule has 1 aliphatic rings. The monoisotopic (exact) mass is 287 g/mol. The molecule has 1 aromatic heterocycles. The van der Waals surface area contributed by atoms with Crippen LogP contribution in [-0.2, 0) is 4.79 Å². The largest absolute Gasteiger partial charge is 0.325 e. The van der Waals surface area contributed by atoms with Crippen LogP contribution in [0.15, 0.2) is 29.6 Å². The van der Waals surface area contributed by atoms with Gasteiger partial charge < -0.3 is 10.6 Å². The predicted octanol–water partition coefficient (Wildman–Crippen LogP) is 2.81. The van der Waals surface area contributed by atoms with Gasteiger partial charge in [0, 0.05) is 16.6 Å². The molecule has 0 spiro atoms. The molecule has 1 amide bonds. The molecule has 0 radical (unpaired) electrons. The Balaban J connectivity index is 1.68. The average Bonchev–Trinajstić information content (AvgIpc) is 3.10. The van der Waals surface area contributed by atoms with Gasteiger partial charge >= 0.3 is 0 Å². The lowest BCUT2D eigenvalue weighted by Crippen LogP contribution is -2.35. The van der Waals surface area contributed by atoms with Crippen LogP contribution in [0.3, 0.4) is 0 Å². The molecule has 104 valence electrons. The summed E-state index contributed by atoms with van der Waals surface area (Å²) in [5.74, 6) is 0.0553. The first-order chi connectivity index (χ1) is 9.72. The molecule has 0 saturated carbocycles. The Bertz CT molecular complexity index is 600. The number of aromatic nitrogens is 1. The van der Waals surface area contributed by atoms with Crippen molar-refractivity contribution in [3.8, 4) is 11.3 Å². The second kappa shape index (κ2) is 5.73. The van der Waals surface area contributed by atoms with Gasteiger partial charge in [0.15, 0.2) is 0 Å². The van der Waals surface area contributed by atoms with Gasteiger partial charge in [-0.05, 0) is 38.4 Å². The minimum atomic E-state index is -0.0455. The zero-order valence-corrected chi connectivity index (χ0v) is 12.2. The molecule has 2 heterocycles. The Morgan fingerprint density at radius 1 is 1.40 bits per heavy atom. The maximum atomic E-state index is 12.0. The van der Waals surface area contributed by atoms with Gasteiger partial charge in [0.1, 0.15) is 0 Å². The molecule has 1 fully saturated rings. The molecule has 20 heavy (non-hydrogen) atoms. The summed E-state index contributed by atoms with van der Waals surface area (Å²) < 4.78 is 0. The maximum absolute atomic E-state index is 12.0. The van der Waals surface area contributed by atoms with Gasteiger partial charge in [0.25, 0.3) is 0 Å². The van der Waals surface area contributed by atoms with Crippen molar-refractivity contribution >= 4 is 22.9 Å². The molecular weight excluding hydrogens is 270 g/mol. The van der Waals surface area contributed by atoms with Crippen molar-refractivity contribution in [1.29, 1.82) is 0 Å². The smallest absolute Gasteiger partial charge is 0.241 e. The molecule has 3 rings (SSSR count). The van der Waals surface area contributed by atoms with Gasteiger partial charge in [-0.3, -0.25) is 4.79 Å². The Hall–Kier alpha value is -1.72. The summed E-state index contributed by atoms with van der Waals surface area (Å²) in [7, 11) is 0. The molecule has 2 aromatic rings. The number of anilines is 1. The second-order valence-electron chi connectivity index (χ2n) is 4.97. The van der Waals surface area contributed by atoms with E-state index in [1.54, 1.807) is 11.3 Å². The number of amides is 1. The van der Waals surface area contributed by atoms with E-state index in [0.29, 0.717) is 0 Å². The topological polar surface area (TPSA) is 54.0 Å². The third-order valence-corrected chi connectivity index (χ3v) is 4.22. The van der Waals surface area contributed by atoms with E-state index in [1.165, 1.54) is 0 Å². The Labute approximate surface area is 122 Å². The van der Waals surface area contributed by atoms with Crippen molar-refractivity contribution in [1.82, 2.24) is 10.3 Å². The third-order valence-electron chi connectivity index (χ3n) is 3.44. The normalized spacial score (nSPS) is 18.1. The number of hydrogen-bond acceptors (Lipinski definition) is 4. The number of rotatable bonds is 3. The lowest BCUT2D eigenvalue weighted by Gasteiger charge is -2.11. The van der Waals surface area contributed by atoms with Crippen LogP contribution in [0.25, 0.3) is 11.3 Å². The van der Waals surface area contributed by atoms with Gasteiger partial charge in [-0.15, -0.1) is 11.3 Å². The third kappa shape index (κ3) is 2.89. The van der Waals surface area contributed by atoms with Crippen LogP contribution in [0.2, 0.25) is 0 Å². The van der Waals surface area contributed by atoms with Crippen LogP contribution in [0.5, 0.6) is 0 Å². The number of nitrogens with zero attached hydrogens (tertiary/aromatic N) is 1. The van der Waals surface area contributed by atoms with Gasteiger partial charge in [0.05, 0.1) is 16.7 Å². The zero-order chi connectivity index (χ0) is 13.9. The number of nitrogens with one attached hydrogen (secondary N) is 2.